The quantitative estimate of drug-likeness (QED) is 0.161. The molecule has 60 heavy (non-hydrogen) atoms. The molecular formula is C55H42N4S. The Morgan fingerprint density at radius 2 is 0.783 bits per heavy atom. The second-order valence-electron chi connectivity index (χ2n) is 16.2. The van der Waals surface area contributed by atoms with Crippen molar-refractivity contribution in [3.05, 3.63) is 200 Å². The van der Waals surface area contributed by atoms with Crippen molar-refractivity contribution in [3.8, 4) is 56.4 Å². The van der Waals surface area contributed by atoms with Gasteiger partial charge in [-0.1, -0.05) is 115 Å². The Bertz CT molecular complexity index is 3320. The van der Waals surface area contributed by atoms with E-state index in [1.807, 2.05) is 12.1 Å². The Morgan fingerprint density at radius 1 is 0.333 bits per heavy atom. The second-order valence-corrected chi connectivity index (χ2v) is 20.4. The molecule has 0 atom stereocenters. The third kappa shape index (κ3) is 6.18. The first-order valence-corrected chi connectivity index (χ1v) is 23.2. The molecule has 8 aromatic carbocycles. The maximum Gasteiger partial charge on any atom is 0.160 e. The smallest absolute Gasteiger partial charge is 0.160 e. The summed E-state index contributed by atoms with van der Waals surface area (Å²) in [5.74, 6) is 0.701. The average molecular weight is 791 g/mol. The van der Waals surface area contributed by atoms with Crippen LogP contribution in [0.1, 0.15) is 0 Å². The molecule has 0 unspecified atom stereocenters. The number of nitrogens with zero attached hydrogens (tertiary/aromatic N) is 4. The van der Waals surface area contributed by atoms with E-state index in [2.05, 4.69) is 216 Å². The number of hydrogen-bond donors (Lipinski definition) is 0. The Kier molecular flexibility index (Phi) is 8.54. The van der Waals surface area contributed by atoms with E-state index in [4.69, 9.17) is 9.97 Å². The summed E-state index contributed by atoms with van der Waals surface area (Å²) in [4.78, 5) is 11.6. The topological polar surface area (TPSA) is 35.6 Å². The van der Waals surface area contributed by atoms with E-state index in [0.29, 0.717) is 5.82 Å². The van der Waals surface area contributed by atoms with Gasteiger partial charge in [0.1, 0.15) is 0 Å². The van der Waals surface area contributed by atoms with Crippen molar-refractivity contribution in [3.63, 3.8) is 0 Å². The van der Waals surface area contributed by atoms with Crippen LogP contribution < -0.4 is 0 Å². The largest absolute Gasteiger partial charge is 0.309 e. The fourth-order valence-electron chi connectivity index (χ4n) is 8.71. The number of aromatic nitrogens is 4. The lowest BCUT2D eigenvalue weighted by Gasteiger charge is -2.26. The lowest BCUT2D eigenvalue weighted by molar-refractivity contribution is 1.16. The number of para-hydroxylation sites is 2. The minimum Gasteiger partial charge on any atom is -0.309 e. The number of rotatable bonds is 7. The highest BCUT2D eigenvalue weighted by molar-refractivity contribution is 8.32. The predicted octanol–water partition coefficient (Wildman–Crippen LogP) is 14.4. The minimum absolute atomic E-state index is 0.701. The molecule has 11 rings (SSSR count). The summed E-state index contributed by atoms with van der Waals surface area (Å²) in [6.07, 6.45) is 7.05. The standard InChI is InChI=1S/C55H42N4S/c1-60(2,3)44-30-28-43(29-31-44)59-51-20-12-10-18-45(51)47-32-24-41(35-54(47)59)40-25-33-53-48(34-40)46-19-11-13-21-52(46)58(53)42-26-22-39(23-27-42)55-56-49(37-14-6-4-7-15-37)36-50(57-55)38-16-8-5-9-17-38/h4-36H,1-3H3. The highest BCUT2D eigenvalue weighted by atomic mass is 32.3. The van der Waals surface area contributed by atoms with Crippen LogP contribution in [0.4, 0.5) is 0 Å². The predicted molar refractivity (Wildman–Crippen MR) is 256 cm³/mol. The zero-order chi connectivity index (χ0) is 40.4. The summed E-state index contributed by atoms with van der Waals surface area (Å²) in [6.45, 7) is 0. The van der Waals surface area contributed by atoms with Crippen LogP contribution in [0.2, 0.25) is 0 Å². The van der Waals surface area contributed by atoms with E-state index in [1.54, 1.807) is 0 Å². The van der Waals surface area contributed by atoms with Crippen LogP contribution in [0.15, 0.2) is 205 Å². The average Bonchev–Trinajstić information content (AvgIpc) is 3.81. The van der Waals surface area contributed by atoms with Gasteiger partial charge in [0.05, 0.1) is 33.5 Å². The molecule has 4 nitrogen and oxygen atoms in total. The molecule has 0 spiro atoms. The van der Waals surface area contributed by atoms with Crippen LogP contribution in [0, 0.1) is 0 Å². The summed E-state index contributed by atoms with van der Waals surface area (Å²) in [7, 11) is -0.816. The Balaban J connectivity index is 1.00. The molecule has 3 aromatic heterocycles. The molecule has 0 N–H and O–H groups in total. The molecule has 288 valence electrons. The van der Waals surface area contributed by atoms with Crippen molar-refractivity contribution in [1.29, 1.82) is 0 Å². The van der Waals surface area contributed by atoms with Gasteiger partial charge in [-0.15, -0.1) is 0 Å². The van der Waals surface area contributed by atoms with E-state index >= 15 is 0 Å². The summed E-state index contributed by atoms with van der Waals surface area (Å²) in [5.41, 5.74) is 14.3. The van der Waals surface area contributed by atoms with Crippen LogP contribution >= 0.6 is 10.0 Å². The zero-order valence-electron chi connectivity index (χ0n) is 33.7. The zero-order valence-corrected chi connectivity index (χ0v) is 34.6. The maximum absolute atomic E-state index is 5.08. The normalized spacial score (nSPS) is 12.2. The van der Waals surface area contributed by atoms with Gasteiger partial charge in [0, 0.05) is 49.6 Å². The maximum atomic E-state index is 5.08. The van der Waals surface area contributed by atoms with Gasteiger partial charge in [0.2, 0.25) is 0 Å². The van der Waals surface area contributed by atoms with E-state index < -0.39 is 10.0 Å². The molecule has 0 aliphatic rings. The van der Waals surface area contributed by atoms with Crippen molar-refractivity contribution >= 4 is 53.6 Å². The van der Waals surface area contributed by atoms with Gasteiger partial charge in [-0.2, -0.15) is 0 Å². The van der Waals surface area contributed by atoms with Crippen LogP contribution in [-0.4, -0.2) is 37.9 Å². The number of benzene rings is 8. The highest BCUT2D eigenvalue weighted by Crippen LogP contribution is 2.46. The molecule has 0 bridgehead atoms. The highest BCUT2D eigenvalue weighted by Gasteiger charge is 2.18. The fourth-order valence-corrected chi connectivity index (χ4v) is 9.66. The van der Waals surface area contributed by atoms with Crippen molar-refractivity contribution in [1.82, 2.24) is 19.1 Å². The summed E-state index contributed by atoms with van der Waals surface area (Å²) in [5, 5.41) is 4.97. The first kappa shape index (κ1) is 35.9. The van der Waals surface area contributed by atoms with Crippen LogP contribution in [0.3, 0.4) is 0 Å². The molecule has 0 amide bonds. The van der Waals surface area contributed by atoms with E-state index in [1.165, 1.54) is 59.8 Å². The number of fused-ring (bicyclic) bond motifs is 6. The van der Waals surface area contributed by atoms with Crippen molar-refractivity contribution in [2.75, 3.05) is 18.8 Å². The molecule has 0 radical (unpaired) electrons. The lowest BCUT2D eigenvalue weighted by Crippen LogP contribution is -1.97. The molecule has 0 saturated heterocycles. The van der Waals surface area contributed by atoms with Gasteiger partial charge in [-0.3, -0.25) is 0 Å². The summed E-state index contributed by atoms with van der Waals surface area (Å²) >= 11 is 0. The Hall–Kier alpha value is -7.21. The third-order valence-electron chi connectivity index (χ3n) is 11.7. The molecule has 5 heteroatoms. The van der Waals surface area contributed by atoms with Gasteiger partial charge in [0.15, 0.2) is 5.82 Å². The summed E-state index contributed by atoms with van der Waals surface area (Å²) in [6, 6.07) is 72.0. The van der Waals surface area contributed by atoms with Gasteiger partial charge in [0.25, 0.3) is 0 Å². The second kappa shape index (κ2) is 14.3. The van der Waals surface area contributed by atoms with Crippen molar-refractivity contribution < 1.29 is 0 Å². The third-order valence-corrected chi connectivity index (χ3v) is 13.4. The van der Waals surface area contributed by atoms with Gasteiger partial charge in [-0.25, -0.2) is 20.0 Å². The molecule has 11 aromatic rings. The Labute approximate surface area is 351 Å². The van der Waals surface area contributed by atoms with Crippen molar-refractivity contribution in [2.24, 2.45) is 0 Å². The van der Waals surface area contributed by atoms with Gasteiger partial charge < -0.3 is 9.13 Å². The van der Waals surface area contributed by atoms with E-state index in [9.17, 15) is 0 Å². The lowest BCUT2D eigenvalue weighted by atomic mass is 10.0. The van der Waals surface area contributed by atoms with Gasteiger partial charge in [-0.05, 0) is 120 Å². The molecular weight excluding hydrogens is 749 g/mol. The molecule has 0 aliphatic carbocycles. The van der Waals surface area contributed by atoms with E-state index in [0.717, 1.165) is 39.3 Å². The summed E-state index contributed by atoms with van der Waals surface area (Å²) < 4.78 is 4.80. The van der Waals surface area contributed by atoms with Gasteiger partial charge >= 0.3 is 0 Å². The van der Waals surface area contributed by atoms with Crippen LogP contribution in [0.25, 0.3) is 100 Å². The van der Waals surface area contributed by atoms with E-state index in [-0.39, 0.29) is 0 Å². The monoisotopic (exact) mass is 790 g/mol. The van der Waals surface area contributed by atoms with Crippen LogP contribution in [0.5, 0.6) is 0 Å². The first-order chi connectivity index (χ1) is 29.4. The van der Waals surface area contributed by atoms with Crippen LogP contribution in [-0.2, 0) is 0 Å². The molecule has 0 aliphatic heterocycles. The fraction of sp³-hybridized carbons (Fsp3) is 0.0545. The van der Waals surface area contributed by atoms with Crippen molar-refractivity contribution in [2.45, 2.75) is 4.90 Å². The SMILES string of the molecule is CS(C)(C)c1ccc(-n2c3ccccc3c3ccc(-c4ccc5c(c4)c4ccccc4n5-c4ccc(-c5nc(-c6ccccc6)cc(-c6ccccc6)n5)cc4)cc32)cc1. The number of hydrogen-bond acceptors (Lipinski definition) is 2. The molecule has 0 saturated carbocycles. The first-order valence-electron chi connectivity index (χ1n) is 20.3. The molecule has 0 fully saturated rings. The molecule has 3 heterocycles. The Morgan fingerprint density at radius 3 is 1.38 bits per heavy atom. The minimum atomic E-state index is -0.816.